The molecule has 2 amide bonds. The predicted molar refractivity (Wildman–Crippen MR) is 150 cm³/mol. The van der Waals surface area contributed by atoms with Crippen molar-refractivity contribution < 1.29 is 18.0 Å². The van der Waals surface area contributed by atoms with Crippen LogP contribution in [0.1, 0.15) is 39.2 Å². The van der Waals surface area contributed by atoms with Crippen LogP contribution in [0, 0.1) is 0 Å². The number of amides is 2. The van der Waals surface area contributed by atoms with E-state index >= 15 is 0 Å². The molecule has 9 heteroatoms. The van der Waals surface area contributed by atoms with Gasteiger partial charge in [0.1, 0.15) is 12.6 Å². The molecule has 3 aromatic rings. The number of benzene rings is 3. The van der Waals surface area contributed by atoms with E-state index < -0.39 is 28.5 Å². The van der Waals surface area contributed by atoms with Crippen LogP contribution in [0.4, 0.5) is 5.69 Å². The average molecular weight is 544 g/mol. The summed E-state index contributed by atoms with van der Waals surface area (Å²) in [4.78, 5) is 28.5. The Kier molecular flexibility index (Phi) is 9.56. The maximum Gasteiger partial charge on any atom is 0.244 e. The highest BCUT2D eigenvalue weighted by molar-refractivity contribution is 7.92. The van der Waals surface area contributed by atoms with Crippen molar-refractivity contribution in [1.29, 1.82) is 0 Å². The number of hydrogen-bond acceptors (Lipinski definition) is 4. The summed E-state index contributed by atoms with van der Waals surface area (Å²) in [5, 5.41) is 4.99. The van der Waals surface area contributed by atoms with Crippen LogP contribution in [0.25, 0.3) is 10.8 Å². The van der Waals surface area contributed by atoms with Crippen LogP contribution in [0.2, 0.25) is 5.02 Å². The Hall–Kier alpha value is -3.10. The smallest absolute Gasteiger partial charge is 0.244 e. The molecule has 0 heterocycles. The van der Waals surface area contributed by atoms with Gasteiger partial charge < -0.3 is 10.2 Å². The molecule has 198 valence electrons. The molecule has 1 N–H and O–H groups in total. The van der Waals surface area contributed by atoms with E-state index in [9.17, 15) is 18.0 Å². The van der Waals surface area contributed by atoms with Gasteiger partial charge in [0.2, 0.25) is 21.8 Å². The summed E-state index contributed by atoms with van der Waals surface area (Å²) in [6.45, 7) is 5.30. The van der Waals surface area contributed by atoms with Crippen LogP contribution in [-0.4, -0.2) is 50.0 Å². The van der Waals surface area contributed by atoms with Crippen LogP contribution in [0.3, 0.4) is 0 Å². The van der Waals surface area contributed by atoms with Gasteiger partial charge in [0.25, 0.3) is 0 Å². The molecule has 7 nitrogen and oxygen atoms in total. The molecule has 3 aromatic carbocycles. The first kappa shape index (κ1) is 28.5. The summed E-state index contributed by atoms with van der Waals surface area (Å²) >= 11 is 6.40. The number of anilines is 1. The van der Waals surface area contributed by atoms with E-state index in [1.807, 2.05) is 57.2 Å². The van der Waals surface area contributed by atoms with Gasteiger partial charge in [-0.2, -0.15) is 0 Å². The lowest BCUT2D eigenvalue weighted by Gasteiger charge is -2.33. The number of sulfonamides is 1. The molecule has 0 unspecified atom stereocenters. The largest absolute Gasteiger partial charge is 0.352 e. The number of carbonyl (C=O) groups excluding carboxylic acids is 2. The molecule has 0 aromatic heterocycles. The highest BCUT2D eigenvalue weighted by atomic mass is 35.5. The van der Waals surface area contributed by atoms with Gasteiger partial charge in [-0.15, -0.1) is 0 Å². The minimum atomic E-state index is -3.84. The first-order valence-corrected chi connectivity index (χ1v) is 14.6. The van der Waals surface area contributed by atoms with Gasteiger partial charge in [0.15, 0.2) is 0 Å². The summed E-state index contributed by atoms with van der Waals surface area (Å²) in [5.74, 6) is -0.780. The van der Waals surface area contributed by atoms with Gasteiger partial charge in [-0.1, -0.05) is 80.0 Å². The monoisotopic (exact) mass is 543 g/mol. The number of fused-ring (bicyclic) bond motifs is 1. The Morgan fingerprint density at radius 3 is 2.24 bits per heavy atom. The Labute approximate surface area is 224 Å². The summed E-state index contributed by atoms with van der Waals surface area (Å²) < 4.78 is 27.0. The number of rotatable bonds is 11. The van der Waals surface area contributed by atoms with Crippen LogP contribution in [-0.2, 0) is 26.2 Å². The standard InChI is InChI=1S/C28H34ClN3O4S/c1-5-20(3)30-28(34)25(6-2)31(18-22-13-8-10-16-24(22)29)27(33)19-32(37(4,35)36)26-17-11-14-21-12-7-9-15-23(21)26/h7-17,20,25H,5-6,18-19H2,1-4H3,(H,30,34)/t20-,25+/m1/s1. The zero-order chi connectivity index (χ0) is 27.2. The lowest BCUT2D eigenvalue weighted by molar-refractivity contribution is -0.140. The fourth-order valence-electron chi connectivity index (χ4n) is 4.19. The van der Waals surface area contributed by atoms with Crippen LogP contribution in [0.5, 0.6) is 0 Å². The molecule has 0 spiro atoms. The van der Waals surface area contributed by atoms with E-state index in [1.54, 1.807) is 30.3 Å². The van der Waals surface area contributed by atoms with Gasteiger partial charge in [-0.3, -0.25) is 13.9 Å². The molecule has 0 radical (unpaired) electrons. The summed E-state index contributed by atoms with van der Waals surface area (Å²) in [5.41, 5.74) is 1.08. The highest BCUT2D eigenvalue weighted by Gasteiger charge is 2.32. The first-order chi connectivity index (χ1) is 17.6. The second-order valence-electron chi connectivity index (χ2n) is 9.12. The van der Waals surface area contributed by atoms with Gasteiger partial charge in [-0.25, -0.2) is 8.42 Å². The molecule has 2 atom stereocenters. The molecular weight excluding hydrogens is 510 g/mol. The number of nitrogens with zero attached hydrogens (tertiary/aromatic N) is 2. The summed E-state index contributed by atoms with van der Waals surface area (Å²) in [6, 6.07) is 19.0. The van der Waals surface area contributed by atoms with E-state index in [2.05, 4.69) is 5.32 Å². The Morgan fingerprint density at radius 2 is 1.59 bits per heavy atom. The van der Waals surface area contributed by atoms with E-state index in [4.69, 9.17) is 11.6 Å². The molecule has 37 heavy (non-hydrogen) atoms. The summed E-state index contributed by atoms with van der Waals surface area (Å²) in [7, 11) is -3.84. The van der Waals surface area contributed by atoms with E-state index in [1.165, 1.54) is 4.90 Å². The topological polar surface area (TPSA) is 86.8 Å². The minimum absolute atomic E-state index is 0.0675. The van der Waals surface area contributed by atoms with Crippen molar-refractivity contribution in [3.63, 3.8) is 0 Å². The highest BCUT2D eigenvalue weighted by Crippen LogP contribution is 2.29. The third kappa shape index (κ3) is 7.02. The summed E-state index contributed by atoms with van der Waals surface area (Å²) in [6.07, 6.45) is 2.17. The Morgan fingerprint density at radius 1 is 0.946 bits per heavy atom. The SMILES string of the molecule is CC[C@@H](C)NC(=O)[C@H](CC)N(Cc1ccccc1Cl)C(=O)CN(c1cccc2ccccc12)S(C)(=O)=O. The van der Waals surface area contributed by atoms with Gasteiger partial charge in [-0.05, 0) is 42.8 Å². The Bertz CT molecular complexity index is 1360. The first-order valence-electron chi connectivity index (χ1n) is 12.4. The zero-order valence-corrected chi connectivity index (χ0v) is 23.2. The molecule has 0 aliphatic heterocycles. The lowest BCUT2D eigenvalue weighted by atomic mass is 10.1. The van der Waals surface area contributed by atoms with Crippen molar-refractivity contribution in [3.8, 4) is 0 Å². The van der Waals surface area contributed by atoms with Crippen molar-refractivity contribution in [2.24, 2.45) is 0 Å². The second kappa shape index (κ2) is 12.4. The second-order valence-corrected chi connectivity index (χ2v) is 11.4. The van der Waals surface area contributed by atoms with Gasteiger partial charge in [0.05, 0.1) is 11.9 Å². The number of nitrogens with one attached hydrogen (secondary N) is 1. The molecule has 3 rings (SSSR count). The molecule has 0 fully saturated rings. The van der Waals surface area contributed by atoms with E-state index in [0.29, 0.717) is 28.1 Å². The Balaban J connectivity index is 2.03. The van der Waals surface area contributed by atoms with Crippen molar-refractivity contribution in [2.45, 2.75) is 52.2 Å². The predicted octanol–water partition coefficient (Wildman–Crippen LogP) is 4.98. The van der Waals surface area contributed by atoms with Crippen LogP contribution >= 0.6 is 11.6 Å². The molecule has 0 aliphatic carbocycles. The van der Waals surface area contributed by atoms with Crippen LogP contribution < -0.4 is 9.62 Å². The van der Waals surface area contributed by atoms with Crippen molar-refractivity contribution in [2.75, 3.05) is 17.1 Å². The quantitative estimate of drug-likeness (QED) is 0.369. The fourth-order valence-corrected chi connectivity index (χ4v) is 5.25. The third-order valence-electron chi connectivity index (χ3n) is 6.40. The molecule has 0 saturated carbocycles. The fraction of sp³-hybridized carbons (Fsp3) is 0.357. The number of halogens is 1. The van der Waals surface area contributed by atoms with Gasteiger partial charge >= 0.3 is 0 Å². The van der Waals surface area contributed by atoms with E-state index in [0.717, 1.165) is 22.4 Å². The normalized spacial score (nSPS) is 13.1. The average Bonchev–Trinajstić information content (AvgIpc) is 2.87. The molecule has 0 bridgehead atoms. The lowest BCUT2D eigenvalue weighted by Crippen LogP contribution is -2.53. The van der Waals surface area contributed by atoms with Crippen LogP contribution in [0.15, 0.2) is 66.7 Å². The zero-order valence-electron chi connectivity index (χ0n) is 21.6. The van der Waals surface area contributed by atoms with Gasteiger partial charge in [0, 0.05) is 23.0 Å². The van der Waals surface area contributed by atoms with Crippen molar-refractivity contribution in [3.05, 3.63) is 77.3 Å². The minimum Gasteiger partial charge on any atom is -0.352 e. The third-order valence-corrected chi connectivity index (χ3v) is 7.90. The maximum absolute atomic E-state index is 13.9. The molecule has 0 saturated heterocycles. The molecular formula is C28H34ClN3O4S. The number of carbonyl (C=O) groups is 2. The maximum atomic E-state index is 13.9. The van der Waals surface area contributed by atoms with E-state index in [-0.39, 0.29) is 18.5 Å². The number of hydrogen-bond donors (Lipinski definition) is 1. The van der Waals surface area contributed by atoms with Crippen molar-refractivity contribution in [1.82, 2.24) is 10.2 Å². The molecule has 0 aliphatic rings. The van der Waals surface area contributed by atoms with Crippen molar-refractivity contribution >= 4 is 49.9 Å².